The normalized spacial score (nSPS) is 10.9. The fraction of sp³-hybridized carbons (Fsp3) is 0.154. The van der Waals surface area contributed by atoms with E-state index >= 15 is 0 Å². The Balaban J connectivity index is 2.12. The Morgan fingerprint density at radius 1 is 1.33 bits per heavy atom. The van der Waals surface area contributed by atoms with Gasteiger partial charge >= 0.3 is 0 Å². The molecule has 3 heterocycles. The quantitative estimate of drug-likeness (QED) is 0.717. The summed E-state index contributed by atoms with van der Waals surface area (Å²) in [6.45, 7) is 2.72. The molecule has 0 radical (unpaired) electrons. The van der Waals surface area contributed by atoms with Crippen molar-refractivity contribution in [2.75, 3.05) is 0 Å². The second kappa shape index (κ2) is 4.34. The minimum atomic E-state index is 0.694. The molecule has 4 nitrogen and oxygen atoms in total. The van der Waals surface area contributed by atoms with Gasteiger partial charge in [0.1, 0.15) is 0 Å². The highest BCUT2D eigenvalue weighted by Crippen LogP contribution is 2.14. The number of nitrogens with one attached hydrogen (secondary N) is 1. The van der Waals surface area contributed by atoms with E-state index in [0.717, 1.165) is 22.3 Å². The molecule has 0 aliphatic carbocycles. The second-order valence-electron chi connectivity index (χ2n) is 4.26. The van der Waals surface area contributed by atoms with Crippen molar-refractivity contribution in [3.8, 4) is 0 Å². The highest BCUT2D eigenvalue weighted by Gasteiger charge is 2.06. The topological polar surface area (TPSA) is 46.5 Å². The largest absolute Gasteiger partial charge is 0.329 e. The Bertz CT molecular complexity index is 743. The third kappa shape index (κ3) is 1.93. The number of aromatic amines is 1. The number of imidazole rings is 1. The fourth-order valence-electron chi connectivity index (χ4n) is 1.97. The Hall–Kier alpha value is -2.01. The van der Waals surface area contributed by atoms with Gasteiger partial charge in [-0.1, -0.05) is 0 Å². The van der Waals surface area contributed by atoms with Crippen molar-refractivity contribution in [2.24, 2.45) is 0 Å². The van der Waals surface area contributed by atoms with Crippen LogP contribution in [0.1, 0.15) is 11.1 Å². The van der Waals surface area contributed by atoms with Gasteiger partial charge in [-0.05, 0) is 48.5 Å². The number of aryl methyl sites for hydroxylation is 1. The summed E-state index contributed by atoms with van der Waals surface area (Å²) in [7, 11) is 0. The molecule has 0 unspecified atom stereocenters. The highest BCUT2D eigenvalue weighted by atomic mass is 32.1. The zero-order chi connectivity index (χ0) is 12.5. The Morgan fingerprint density at radius 2 is 2.11 bits per heavy atom. The van der Waals surface area contributed by atoms with Crippen LogP contribution in [-0.2, 0) is 6.54 Å². The molecule has 0 saturated carbocycles. The van der Waals surface area contributed by atoms with Crippen LogP contribution < -0.4 is 0 Å². The predicted molar refractivity (Wildman–Crippen MR) is 73.0 cm³/mol. The first kappa shape index (κ1) is 11.1. The molecule has 0 aliphatic rings. The third-order valence-electron chi connectivity index (χ3n) is 2.84. The number of hydrogen-bond acceptors (Lipinski definition) is 3. The van der Waals surface area contributed by atoms with Crippen molar-refractivity contribution in [2.45, 2.75) is 13.5 Å². The molecule has 0 saturated heterocycles. The Morgan fingerprint density at radius 3 is 2.89 bits per heavy atom. The SMILES string of the molecule is Cc1cnc2c(c1)[nH]c(=S)n2Cc1ccncc1. The van der Waals surface area contributed by atoms with E-state index in [1.807, 2.05) is 29.8 Å². The van der Waals surface area contributed by atoms with Crippen LogP contribution in [0.15, 0.2) is 36.8 Å². The maximum absolute atomic E-state index is 5.35. The third-order valence-corrected chi connectivity index (χ3v) is 3.16. The highest BCUT2D eigenvalue weighted by molar-refractivity contribution is 7.71. The van der Waals surface area contributed by atoms with E-state index in [2.05, 4.69) is 21.0 Å². The Labute approximate surface area is 109 Å². The van der Waals surface area contributed by atoms with Crippen molar-refractivity contribution in [3.05, 3.63) is 52.7 Å². The van der Waals surface area contributed by atoms with Crippen molar-refractivity contribution in [3.63, 3.8) is 0 Å². The van der Waals surface area contributed by atoms with E-state index in [-0.39, 0.29) is 0 Å². The van der Waals surface area contributed by atoms with Gasteiger partial charge in [0, 0.05) is 18.6 Å². The Kier molecular flexibility index (Phi) is 2.68. The smallest absolute Gasteiger partial charge is 0.179 e. The second-order valence-corrected chi connectivity index (χ2v) is 4.64. The lowest BCUT2D eigenvalue weighted by atomic mass is 10.2. The zero-order valence-corrected chi connectivity index (χ0v) is 10.7. The first-order valence-corrected chi connectivity index (χ1v) is 6.09. The van der Waals surface area contributed by atoms with Gasteiger partial charge in [-0.3, -0.25) is 9.55 Å². The van der Waals surface area contributed by atoms with Gasteiger partial charge < -0.3 is 4.98 Å². The first-order valence-electron chi connectivity index (χ1n) is 5.68. The lowest BCUT2D eigenvalue weighted by molar-refractivity contribution is 0.799. The van der Waals surface area contributed by atoms with Gasteiger partial charge in [0.2, 0.25) is 0 Å². The molecular weight excluding hydrogens is 244 g/mol. The standard InChI is InChI=1S/C13H12N4S/c1-9-6-11-12(15-7-9)17(13(18)16-11)8-10-2-4-14-5-3-10/h2-7H,8H2,1H3,(H,16,18). The monoisotopic (exact) mass is 256 g/mol. The summed E-state index contributed by atoms with van der Waals surface area (Å²) in [6, 6.07) is 6.02. The first-order chi connectivity index (χ1) is 8.74. The molecule has 5 heteroatoms. The van der Waals surface area contributed by atoms with Gasteiger partial charge in [-0.25, -0.2) is 4.98 Å². The lowest BCUT2D eigenvalue weighted by Gasteiger charge is -2.03. The molecule has 3 aromatic rings. The van der Waals surface area contributed by atoms with Crippen LogP contribution in [0.25, 0.3) is 11.2 Å². The summed E-state index contributed by atoms with van der Waals surface area (Å²) in [4.78, 5) is 11.6. The number of aromatic nitrogens is 4. The molecule has 0 aromatic carbocycles. The number of pyridine rings is 2. The van der Waals surface area contributed by atoms with Gasteiger partial charge in [-0.15, -0.1) is 0 Å². The van der Waals surface area contributed by atoms with Crippen molar-refractivity contribution < 1.29 is 0 Å². The molecule has 3 rings (SSSR count). The summed E-state index contributed by atoms with van der Waals surface area (Å²) < 4.78 is 2.69. The van der Waals surface area contributed by atoms with Crippen LogP contribution in [0, 0.1) is 11.7 Å². The van der Waals surface area contributed by atoms with E-state index in [0.29, 0.717) is 11.3 Å². The number of rotatable bonds is 2. The summed E-state index contributed by atoms with van der Waals surface area (Å²) in [5.74, 6) is 0. The molecule has 0 aliphatic heterocycles. The lowest BCUT2D eigenvalue weighted by Crippen LogP contribution is -2.00. The van der Waals surface area contributed by atoms with Crippen molar-refractivity contribution in [1.82, 2.24) is 19.5 Å². The molecule has 0 fully saturated rings. The summed E-state index contributed by atoms with van der Waals surface area (Å²) in [6.07, 6.45) is 5.42. The van der Waals surface area contributed by atoms with E-state index < -0.39 is 0 Å². The minimum absolute atomic E-state index is 0.694. The molecule has 0 spiro atoms. The van der Waals surface area contributed by atoms with Crippen LogP contribution in [-0.4, -0.2) is 19.5 Å². The van der Waals surface area contributed by atoms with Crippen LogP contribution in [0.5, 0.6) is 0 Å². The average molecular weight is 256 g/mol. The zero-order valence-electron chi connectivity index (χ0n) is 9.92. The number of nitrogens with zero attached hydrogens (tertiary/aromatic N) is 3. The van der Waals surface area contributed by atoms with Crippen LogP contribution in [0.3, 0.4) is 0 Å². The van der Waals surface area contributed by atoms with Crippen molar-refractivity contribution in [1.29, 1.82) is 0 Å². The summed E-state index contributed by atoms with van der Waals surface area (Å²) >= 11 is 5.35. The molecule has 0 bridgehead atoms. The van der Waals surface area contributed by atoms with Crippen LogP contribution in [0.2, 0.25) is 0 Å². The molecular formula is C13H12N4S. The van der Waals surface area contributed by atoms with Crippen molar-refractivity contribution >= 4 is 23.4 Å². The summed E-state index contributed by atoms with van der Waals surface area (Å²) in [5, 5.41) is 0. The van der Waals surface area contributed by atoms with Gasteiger partial charge in [0.25, 0.3) is 0 Å². The number of fused-ring (bicyclic) bond motifs is 1. The van der Waals surface area contributed by atoms with E-state index in [9.17, 15) is 0 Å². The van der Waals surface area contributed by atoms with Crippen LogP contribution in [0.4, 0.5) is 0 Å². The fourth-order valence-corrected chi connectivity index (χ4v) is 2.23. The average Bonchev–Trinajstić information content (AvgIpc) is 2.66. The molecule has 1 N–H and O–H groups in total. The number of hydrogen-bond donors (Lipinski definition) is 1. The minimum Gasteiger partial charge on any atom is -0.329 e. The van der Waals surface area contributed by atoms with Crippen LogP contribution >= 0.6 is 12.2 Å². The van der Waals surface area contributed by atoms with Gasteiger partial charge in [0.05, 0.1) is 12.1 Å². The van der Waals surface area contributed by atoms with E-state index in [1.54, 1.807) is 12.4 Å². The summed E-state index contributed by atoms with van der Waals surface area (Å²) in [5.41, 5.74) is 4.15. The molecule has 18 heavy (non-hydrogen) atoms. The van der Waals surface area contributed by atoms with E-state index in [4.69, 9.17) is 12.2 Å². The van der Waals surface area contributed by atoms with Gasteiger partial charge in [0.15, 0.2) is 10.4 Å². The maximum Gasteiger partial charge on any atom is 0.179 e. The molecule has 3 aromatic heterocycles. The van der Waals surface area contributed by atoms with E-state index in [1.165, 1.54) is 0 Å². The molecule has 90 valence electrons. The molecule has 0 amide bonds. The maximum atomic E-state index is 5.35. The van der Waals surface area contributed by atoms with Gasteiger partial charge in [-0.2, -0.15) is 0 Å². The molecule has 0 atom stereocenters. The number of H-pyrrole nitrogens is 1. The predicted octanol–water partition coefficient (Wildman–Crippen LogP) is 2.85.